The fraction of sp³-hybridized carbons (Fsp3) is 0.417. The summed E-state index contributed by atoms with van der Waals surface area (Å²) in [6.07, 6.45) is -0.482. The van der Waals surface area contributed by atoms with Crippen molar-refractivity contribution in [1.82, 2.24) is 5.32 Å². The highest BCUT2D eigenvalue weighted by molar-refractivity contribution is 5.74. The molecule has 16 heavy (non-hydrogen) atoms. The average Bonchev–Trinajstić information content (AvgIpc) is 2.35. The molecule has 2 unspecified atom stereocenters. The Kier molecular flexibility index (Phi) is 5.11. The standard InChI is InChI=1S/C12H17NO3/c1-13-7-6-11(15)12(16)10-4-2-9(8-14)3-5-10/h2-5,8,11-13,15-16H,6-7H2,1H3. The minimum atomic E-state index is -0.908. The zero-order valence-corrected chi connectivity index (χ0v) is 9.26. The van der Waals surface area contributed by atoms with E-state index >= 15 is 0 Å². The van der Waals surface area contributed by atoms with Crippen LogP contribution < -0.4 is 5.32 Å². The number of aldehydes is 1. The van der Waals surface area contributed by atoms with E-state index in [2.05, 4.69) is 5.32 Å². The van der Waals surface area contributed by atoms with Gasteiger partial charge in [-0.05, 0) is 25.6 Å². The van der Waals surface area contributed by atoms with Crippen LogP contribution in [-0.4, -0.2) is 36.2 Å². The van der Waals surface area contributed by atoms with Crippen LogP contribution in [0, 0.1) is 0 Å². The van der Waals surface area contributed by atoms with Crippen LogP contribution in [0.25, 0.3) is 0 Å². The summed E-state index contributed by atoms with van der Waals surface area (Å²) in [5.74, 6) is 0. The fourth-order valence-electron chi connectivity index (χ4n) is 1.44. The quantitative estimate of drug-likeness (QED) is 0.614. The second-order valence-corrected chi connectivity index (χ2v) is 3.69. The van der Waals surface area contributed by atoms with Gasteiger partial charge in [0.25, 0.3) is 0 Å². The number of carbonyl (C=O) groups excluding carboxylic acids is 1. The molecule has 0 fully saturated rings. The van der Waals surface area contributed by atoms with Gasteiger partial charge in [-0.15, -0.1) is 0 Å². The first-order valence-corrected chi connectivity index (χ1v) is 5.25. The maximum Gasteiger partial charge on any atom is 0.150 e. The number of nitrogens with one attached hydrogen (secondary N) is 1. The first kappa shape index (κ1) is 12.8. The van der Waals surface area contributed by atoms with Crippen LogP contribution in [0.5, 0.6) is 0 Å². The zero-order chi connectivity index (χ0) is 12.0. The van der Waals surface area contributed by atoms with Gasteiger partial charge in [0, 0.05) is 5.56 Å². The third kappa shape index (κ3) is 3.41. The number of aliphatic hydroxyl groups excluding tert-OH is 2. The predicted molar refractivity (Wildman–Crippen MR) is 61.3 cm³/mol. The van der Waals surface area contributed by atoms with Gasteiger partial charge < -0.3 is 15.5 Å². The maximum atomic E-state index is 10.4. The monoisotopic (exact) mass is 223 g/mol. The van der Waals surface area contributed by atoms with E-state index in [1.165, 1.54) is 0 Å². The summed E-state index contributed by atoms with van der Waals surface area (Å²) in [5, 5.41) is 22.4. The Balaban J connectivity index is 2.64. The molecule has 0 spiro atoms. The molecule has 0 saturated carbocycles. The number of hydrogen-bond acceptors (Lipinski definition) is 4. The molecular weight excluding hydrogens is 206 g/mol. The van der Waals surface area contributed by atoms with Crippen molar-refractivity contribution in [3.8, 4) is 0 Å². The van der Waals surface area contributed by atoms with Crippen molar-refractivity contribution < 1.29 is 15.0 Å². The van der Waals surface area contributed by atoms with Gasteiger partial charge >= 0.3 is 0 Å². The summed E-state index contributed by atoms with van der Waals surface area (Å²) in [6.45, 7) is 0.644. The van der Waals surface area contributed by atoms with Gasteiger partial charge in [0.2, 0.25) is 0 Å². The average molecular weight is 223 g/mol. The normalized spacial score (nSPS) is 14.4. The molecule has 88 valence electrons. The van der Waals surface area contributed by atoms with Crippen molar-refractivity contribution in [2.24, 2.45) is 0 Å². The summed E-state index contributed by atoms with van der Waals surface area (Å²) in [7, 11) is 1.79. The lowest BCUT2D eigenvalue weighted by molar-refractivity contribution is 0.0140. The van der Waals surface area contributed by atoms with Crippen molar-refractivity contribution in [2.75, 3.05) is 13.6 Å². The summed E-state index contributed by atoms with van der Waals surface area (Å²) in [5.41, 5.74) is 1.18. The molecule has 3 N–H and O–H groups in total. The molecule has 0 bridgehead atoms. The van der Waals surface area contributed by atoms with Crippen LogP contribution in [-0.2, 0) is 0 Å². The van der Waals surface area contributed by atoms with Crippen molar-refractivity contribution in [1.29, 1.82) is 0 Å². The van der Waals surface area contributed by atoms with Crippen molar-refractivity contribution >= 4 is 6.29 Å². The van der Waals surface area contributed by atoms with Crippen LogP contribution >= 0.6 is 0 Å². The van der Waals surface area contributed by atoms with Crippen molar-refractivity contribution in [3.05, 3.63) is 35.4 Å². The third-order valence-corrected chi connectivity index (χ3v) is 2.47. The maximum absolute atomic E-state index is 10.4. The molecule has 4 heteroatoms. The third-order valence-electron chi connectivity index (χ3n) is 2.47. The highest BCUT2D eigenvalue weighted by Crippen LogP contribution is 2.18. The predicted octanol–water partition coefficient (Wildman–Crippen LogP) is 0.503. The molecule has 0 aliphatic rings. The second-order valence-electron chi connectivity index (χ2n) is 3.69. The van der Waals surface area contributed by atoms with Gasteiger partial charge in [-0.3, -0.25) is 4.79 Å². The Morgan fingerprint density at radius 1 is 1.31 bits per heavy atom. The van der Waals surface area contributed by atoms with Gasteiger partial charge in [0.05, 0.1) is 6.10 Å². The molecule has 0 saturated heterocycles. The molecule has 1 aromatic rings. The number of rotatable bonds is 6. The first-order chi connectivity index (χ1) is 7.69. The molecule has 4 nitrogen and oxygen atoms in total. The van der Waals surface area contributed by atoms with E-state index in [1.807, 2.05) is 0 Å². The minimum Gasteiger partial charge on any atom is -0.390 e. The number of aliphatic hydroxyl groups is 2. The fourth-order valence-corrected chi connectivity index (χ4v) is 1.44. The summed E-state index contributed by atoms with van der Waals surface area (Å²) >= 11 is 0. The second kappa shape index (κ2) is 6.37. The largest absolute Gasteiger partial charge is 0.390 e. The molecule has 0 amide bonds. The Labute approximate surface area is 94.9 Å². The zero-order valence-electron chi connectivity index (χ0n) is 9.26. The van der Waals surface area contributed by atoms with E-state index in [0.29, 0.717) is 24.1 Å². The Morgan fingerprint density at radius 3 is 2.44 bits per heavy atom. The van der Waals surface area contributed by atoms with Crippen LogP contribution in [0.4, 0.5) is 0 Å². The molecule has 0 aliphatic carbocycles. The summed E-state index contributed by atoms with van der Waals surface area (Å²) in [6, 6.07) is 6.54. The Hall–Kier alpha value is -1.23. The van der Waals surface area contributed by atoms with E-state index in [1.54, 1.807) is 31.3 Å². The van der Waals surface area contributed by atoms with E-state index in [0.717, 1.165) is 6.29 Å². The topological polar surface area (TPSA) is 69.6 Å². The molecule has 0 aromatic heterocycles. The summed E-state index contributed by atoms with van der Waals surface area (Å²) in [4.78, 5) is 10.4. The molecular formula is C12H17NO3. The molecule has 2 atom stereocenters. The highest BCUT2D eigenvalue weighted by atomic mass is 16.3. The van der Waals surface area contributed by atoms with Crippen molar-refractivity contribution in [2.45, 2.75) is 18.6 Å². The Bertz CT molecular complexity index is 324. The van der Waals surface area contributed by atoms with E-state index in [9.17, 15) is 15.0 Å². The molecule has 1 aromatic carbocycles. The smallest absolute Gasteiger partial charge is 0.150 e. The van der Waals surface area contributed by atoms with Gasteiger partial charge in [0.1, 0.15) is 12.4 Å². The van der Waals surface area contributed by atoms with Gasteiger partial charge in [0.15, 0.2) is 0 Å². The minimum absolute atomic E-state index is 0.479. The molecule has 0 aliphatic heterocycles. The number of hydrogen-bond donors (Lipinski definition) is 3. The van der Waals surface area contributed by atoms with Crippen molar-refractivity contribution in [3.63, 3.8) is 0 Å². The molecule has 0 radical (unpaired) electrons. The lowest BCUT2D eigenvalue weighted by atomic mass is 10.0. The van der Waals surface area contributed by atoms with Gasteiger partial charge in [-0.25, -0.2) is 0 Å². The van der Waals surface area contributed by atoms with Crippen LogP contribution in [0.1, 0.15) is 28.4 Å². The van der Waals surface area contributed by atoms with E-state index in [-0.39, 0.29) is 0 Å². The SMILES string of the molecule is CNCCC(O)C(O)c1ccc(C=O)cc1. The highest BCUT2D eigenvalue weighted by Gasteiger charge is 2.17. The lowest BCUT2D eigenvalue weighted by Gasteiger charge is -2.18. The van der Waals surface area contributed by atoms with Crippen LogP contribution in [0.2, 0.25) is 0 Å². The number of benzene rings is 1. The van der Waals surface area contributed by atoms with Gasteiger partial charge in [-0.2, -0.15) is 0 Å². The van der Waals surface area contributed by atoms with E-state index < -0.39 is 12.2 Å². The Morgan fingerprint density at radius 2 is 1.94 bits per heavy atom. The van der Waals surface area contributed by atoms with Gasteiger partial charge in [-0.1, -0.05) is 24.3 Å². The summed E-state index contributed by atoms with van der Waals surface area (Å²) < 4.78 is 0. The van der Waals surface area contributed by atoms with Crippen LogP contribution in [0.3, 0.4) is 0 Å². The molecule has 0 heterocycles. The molecule has 1 rings (SSSR count). The van der Waals surface area contributed by atoms with E-state index in [4.69, 9.17) is 0 Å². The number of carbonyl (C=O) groups is 1. The first-order valence-electron chi connectivity index (χ1n) is 5.25. The van der Waals surface area contributed by atoms with Crippen LogP contribution in [0.15, 0.2) is 24.3 Å². The lowest BCUT2D eigenvalue weighted by Crippen LogP contribution is -2.23.